The molecule has 0 radical (unpaired) electrons. The van der Waals surface area contributed by atoms with Crippen molar-refractivity contribution in [3.8, 4) is 22.3 Å². The summed E-state index contributed by atoms with van der Waals surface area (Å²) in [4.78, 5) is 41.5. The molecule has 0 bridgehead atoms. The summed E-state index contributed by atoms with van der Waals surface area (Å²) < 4.78 is 28.5. The van der Waals surface area contributed by atoms with Crippen LogP contribution in [0.25, 0.3) is 33.3 Å². The molecule has 2 heterocycles. The Morgan fingerprint density at radius 3 is 1.33 bits per heavy atom. The van der Waals surface area contributed by atoms with Crippen LogP contribution < -0.4 is 9.80 Å². The van der Waals surface area contributed by atoms with Gasteiger partial charge in [0.2, 0.25) is 0 Å². The van der Waals surface area contributed by atoms with Gasteiger partial charge in [-0.15, -0.1) is 0 Å². The molecule has 0 atom stereocenters. The van der Waals surface area contributed by atoms with Gasteiger partial charge in [0.05, 0.1) is 28.0 Å². The third-order valence-corrected chi connectivity index (χ3v) is 9.31. The number of hydrogen-bond acceptors (Lipinski definition) is 6. The molecule has 1 aliphatic carbocycles. The van der Waals surface area contributed by atoms with E-state index < -0.39 is 23.2 Å². The molecule has 7 aromatic rings. The number of fused-ring (bicyclic) bond motifs is 3. The summed E-state index contributed by atoms with van der Waals surface area (Å²) in [7, 11) is 0. The predicted molar refractivity (Wildman–Crippen MR) is 199 cm³/mol. The van der Waals surface area contributed by atoms with Gasteiger partial charge >= 0.3 is 0 Å². The van der Waals surface area contributed by atoms with Gasteiger partial charge in [-0.05, 0) is 59.7 Å². The minimum absolute atomic E-state index is 0.171. The molecule has 1 aromatic heterocycles. The number of Topliss-reactive ketones (excluding diaryl/α,β-unsaturated/α-hetero) is 2. The molecular weight excluding hydrogens is 655 g/mol. The van der Waals surface area contributed by atoms with Crippen molar-refractivity contribution < 1.29 is 18.4 Å². The number of anilines is 4. The summed E-state index contributed by atoms with van der Waals surface area (Å²) in [5.41, 5.74) is 6.12. The molecule has 6 aromatic carbocycles. The maximum Gasteiger partial charge on any atom is 0.197 e. The quantitative estimate of drug-likeness (QED) is 0.133. The third-order valence-electron chi connectivity index (χ3n) is 9.31. The molecule has 0 amide bonds. The van der Waals surface area contributed by atoms with Gasteiger partial charge in [0.1, 0.15) is 5.82 Å². The van der Waals surface area contributed by atoms with Crippen LogP contribution in [0.3, 0.4) is 0 Å². The first-order valence-electron chi connectivity index (χ1n) is 16.6. The molecule has 0 fully saturated rings. The molecule has 0 saturated heterocycles. The van der Waals surface area contributed by atoms with Crippen molar-refractivity contribution in [2.24, 2.45) is 0 Å². The van der Waals surface area contributed by atoms with Crippen LogP contribution in [0.15, 0.2) is 169 Å². The SMILES string of the molecule is O=C1C(=CC=C2N(c3ccccc3-c3ccccc3)c3nc4ccccc4nc3N2c2ccccc2-c2ccccc2)C(=O)c2cc(F)c(F)cc21. The maximum absolute atomic E-state index is 14.2. The van der Waals surface area contributed by atoms with Gasteiger partial charge in [0, 0.05) is 22.3 Å². The average Bonchev–Trinajstić information content (AvgIpc) is 3.62. The lowest BCUT2D eigenvalue weighted by atomic mass is 10.0. The molecule has 1 aliphatic heterocycles. The lowest BCUT2D eigenvalue weighted by Crippen LogP contribution is -2.23. The first kappa shape index (κ1) is 31.0. The van der Waals surface area contributed by atoms with Gasteiger partial charge in [-0.3, -0.25) is 19.4 Å². The van der Waals surface area contributed by atoms with Crippen molar-refractivity contribution in [1.82, 2.24) is 9.97 Å². The Morgan fingerprint density at radius 2 is 0.865 bits per heavy atom. The van der Waals surface area contributed by atoms with Crippen LogP contribution in [-0.2, 0) is 0 Å². The van der Waals surface area contributed by atoms with Crippen LogP contribution in [0.4, 0.5) is 31.8 Å². The average molecular weight is 681 g/mol. The Kier molecular flexibility index (Phi) is 7.36. The minimum Gasteiger partial charge on any atom is -0.288 e. The first-order chi connectivity index (χ1) is 25.5. The van der Waals surface area contributed by atoms with Gasteiger partial charge < -0.3 is 0 Å². The summed E-state index contributed by atoms with van der Waals surface area (Å²) >= 11 is 0. The molecule has 9 rings (SSSR count). The molecule has 248 valence electrons. The summed E-state index contributed by atoms with van der Waals surface area (Å²) in [5, 5.41) is 0. The summed E-state index contributed by atoms with van der Waals surface area (Å²) in [6, 6.07) is 45.0. The van der Waals surface area contributed by atoms with E-state index in [1.807, 2.05) is 143 Å². The van der Waals surface area contributed by atoms with Crippen LogP contribution in [0.5, 0.6) is 0 Å². The second kappa shape index (κ2) is 12.4. The van der Waals surface area contributed by atoms with Gasteiger partial charge in [-0.1, -0.05) is 109 Å². The Morgan fingerprint density at radius 1 is 0.462 bits per heavy atom. The smallest absolute Gasteiger partial charge is 0.197 e. The Labute approximate surface area is 297 Å². The van der Waals surface area contributed by atoms with Crippen molar-refractivity contribution in [3.63, 3.8) is 0 Å². The number of para-hydroxylation sites is 4. The Hall–Kier alpha value is -7.06. The topological polar surface area (TPSA) is 66.4 Å². The molecule has 8 heteroatoms. The van der Waals surface area contributed by atoms with Crippen molar-refractivity contribution in [1.29, 1.82) is 0 Å². The van der Waals surface area contributed by atoms with E-state index in [0.29, 0.717) is 28.5 Å². The van der Waals surface area contributed by atoms with E-state index in [-0.39, 0.29) is 16.7 Å². The molecule has 0 unspecified atom stereocenters. The number of carbonyl (C=O) groups excluding carboxylic acids is 2. The monoisotopic (exact) mass is 680 g/mol. The molecule has 0 saturated carbocycles. The molecule has 6 nitrogen and oxygen atoms in total. The van der Waals surface area contributed by atoms with E-state index in [4.69, 9.17) is 9.97 Å². The van der Waals surface area contributed by atoms with E-state index in [2.05, 4.69) is 0 Å². The highest BCUT2D eigenvalue weighted by Crippen LogP contribution is 2.52. The molecule has 0 N–H and O–H groups in total. The second-order valence-electron chi connectivity index (χ2n) is 12.4. The van der Waals surface area contributed by atoms with Gasteiger partial charge in [-0.25, -0.2) is 18.7 Å². The number of hydrogen-bond donors (Lipinski definition) is 0. The van der Waals surface area contributed by atoms with Crippen LogP contribution >= 0.6 is 0 Å². The van der Waals surface area contributed by atoms with Crippen molar-refractivity contribution in [2.75, 3.05) is 9.80 Å². The zero-order valence-electron chi connectivity index (χ0n) is 27.4. The zero-order valence-corrected chi connectivity index (χ0v) is 27.4. The van der Waals surface area contributed by atoms with Gasteiger partial charge in [0.15, 0.2) is 34.8 Å². The van der Waals surface area contributed by atoms with E-state index in [0.717, 1.165) is 45.8 Å². The number of benzene rings is 6. The normalized spacial score (nSPS) is 13.5. The number of carbonyl (C=O) groups is 2. The summed E-state index contributed by atoms with van der Waals surface area (Å²) in [6.45, 7) is 0. The number of rotatable bonds is 5. The number of nitrogens with zero attached hydrogens (tertiary/aromatic N) is 4. The number of allylic oxidation sites excluding steroid dienone is 3. The lowest BCUT2D eigenvalue weighted by molar-refractivity contribution is 0.0988. The number of halogens is 2. The highest BCUT2D eigenvalue weighted by Gasteiger charge is 2.40. The minimum atomic E-state index is -1.19. The fourth-order valence-corrected chi connectivity index (χ4v) is 6.91. The van der Waals surface area contributed by atoms with Crippen molar-refractivity contribution >= 4 is 45.6 Å². The molecule has 0 spiro atoms. The van der Waals surface area contributed by atoms with Crippen LogP contribution in [0.2, 0.25) is 0 Å². The standard InChI is InChI=1S/C44H26F2N4O2/c45-34-25-32-33(26-35(34)46)42(52)31(41(32)51)23-24-40-49(38-21-11-7-17-29(38)27-13-3-1-4-14-27)43-44(48-37-20-10-9-19-36(37)47-43)50(40)39-22-12-8-18-30(39)28-15-5-2-6-16-28/h1-26H. The molecule has 2 aliphatic rings. The lowest BCUT2D eigenvalue weighted by Gasteiger charge is -2.27. The predicted octanol–water partition coefficient (Wildman–Crippen LogP) is 10.4. The second-order valence-corrected chi connectivity index (χ2v) is 12.4. The fourth-order valence-electron chi connectivity index (χ4n) is 6.91. The highest BCUT2D eigenvalue weighted by molar-refractivity contribution is 6.39. The Bertz CT molecular complexity index is 2480. The fraction of sp³-hybridized carbons (Fsp3) is 0. The highest BCUT2D eigenvalue weighted by atomic mass is 19.2. The van der Waals surface area contributed by atoms with Gasteiger partial charge in [-0.2, -0.15) is 0 Å². The largest absolute Gasteiger partial charge is 0.288 e. The Balaban J connectivity index is 1.34. The van der Waals surface area contributed by atoms with E-state index in [9.17, 15) is 18.4 Å². The first-order valence-corrected chi connectivity index (χ1v) is 16.6. The van der Waals surface area contributed by atoms with E-state index >= 15 is 0 Å². The van der Waals surface area contributed by atoms with E-state index in [1.54, 1.807) is 6.08 Å². The summed E-state index contributed by atoms with van der Waals surface area (Å²) in [6.07, 6.45) is 3.11. The van der Waals surface area contributed by atoms with Crippen LogP contribution in [0.1, 0.15) is 20.7 Å². The maximum atomic E-state index is 14.2. The molecule has 52 heavy (non-hydrogen) atoms. The zero-order chi connectivity index (χ0) is 35.3. The van der Waals surface area contributed by atoms with Crippen molar-refractivity contribution in [3.05, 3.63) is 192 Å². The summed E-state index contributed by atoms with van der Waals surface area (Å²) in [5.74, 6) is -2.15. The van der Waals surface area contributed by atoms with Crippen molar-refractivity contribution in [2.45, 2.75) is 0 Å². The number of aromatic nitrogens is 2. The van der Waals surface area contributed by atoms with Gasteiger partial charge in [0.25, 0.3) is 0 Å². The van der Waals surface area contributed by atoms with Crippen LogP contribution in [-0.4, -0.2) is 21.5 Å². The van der Waals surface area contributed by atoms with E-state index in [1.165, 1.54) is 6.08 Å². The number of ketones is 2. The molecular formula is C44H26F2N4O2. The third kappa shape index (κ3) is 5.00. The van der Waals surface area contributed by atoms with Crippen LogP contribution in [0, 0.1) is 11.6 Å².